The summed E-state index contributed by atoms with van der Waals surface area (Å²) in [6.07, 6.45) is 1.92. The van der Waals surface area contributed by atoms with Gasteiger partial charge in [-0.05, 0) is 24.3 Å². The van der Waals surface area contributed by atoms with E-state index in [9.17, 15) is 0 Å². The second-order valence-corrected chi connectivity index (χ2v) is 2.94. The molecule has 0 spiro atoms. The third-order valence-corrected chi connectivity index (χ3v) is 1.98. The highest BCUT2D eigenvalue weighted by molar-refractivity contribution is 5.58. The van der Waals surface area contributed by atoms with Crippen molar-refractivity contribution in [3.63, 3.8) is 0 Å². The van der Waals surface area contributed by atoms with E-state index in [1.54, 1.807) is 24.5 Å². The van der Waals surface area contributed by atoms with Crippen LogP contribution in [-0.2, 0) is 0 Å². The van der Waals surface area contributed by atoms with E-state index in [-0.39, 0.29) is 0 Å². The molecule has 4 nitrogen and oxygen atoms in total. The lowest BCUT2D eigenvalue weighted by atomic mass is 10.2. The third kappa shape index (κ3) is 1.66. The summed E-state index contributed by atoms with van der Waals surface area (Å²) >= 11 is 0. The van der Waals surface area contributed by atoms with Crippen LogP contribution in [0.25, 0.3) is 11.3 Å². The van der Waals surface area contributed by atoms with Gasteiger partial charge in [-0.15, -0.1) is 0 Å². The molecule has 0 unspecified atom stereocenters. The Labute approximate surface area is 80.9 Å². The average Bonchev–Trinajstić information content (AvgIpc) is 2.68. The van der Waals surface area contributed by atoms with Gasteiger partial charge in [0.25, 0.3) is 0 Å². The fraction of sp³-hybridized carbons (Fsp3) is 0.100. The van der Waals surface area contributed by atoms with E-state index in [1.807, 2.05) is 12.1 Å². The van der Waals surface area contributed by atoms with Gasteiger partial charge in [0.1, 0.15) is 0 Å². The summed E-state index contributed by atoms with van der Waals surface area (Å²) in [5.41, 5.74) is 2.19. The molecule has 2 aromatic heterocycles. The van der Waals surface area contributed by atoms with E-state index in [0.29, 0.717) is 5.69 Å². The molecule has 0 atom stereocenters. The van der Waals surface area contributed by atoms with Crippen molar-refractivity contribution in [3.8, 4) is 11.3 Å². The van der Waals surface area contributed by atoms with E-state index in [1.165, 1.54) is 0 Å². The Morgan fingerprint density at radius 1 is 1.07 bits per heavy atom. The number of aromatic nitrogens is 2. The Bertz CT molecular complexity index is 409. The Morgan fingerprint density at radius 2 is 1.79 bits per heavy atom. The van der Waals surface area contributed by atoms with Crippen molar-refractivity contribution < 1.29 is 10.2 Å². The van der Waals surface area contributed by atoms with Gasteiger partial charge in [-0.1, -0.05) is 0 Å². The van der Waals surface area contributed by atoms with Gasteiger partial charge >= 0.3 is 0 Å². The van der Waals surface area contributed by atoms with Gasteiger partial charge in [0.15, 0.2) is 6.29 Å². The average molecular weight is 190 g/mol. The quantitative estimate of drug-likeness (QED) is 0.620. The molecule has 0 saturated carbocycles. The molecule has 0 aliphatic carbocycles. The van der Waals surface area contributed by atoms with Crippen LogP contribution in [0.1, 0.15) is 12.0 Å². The lowest BCUT2D eigenvalue weighted by Crippen LogP contribution is -1.94. The third-order valence-electron chi connectivity index (χ3n) is 1.98. The van der Waals surface area contributed by atoms with Gasteiger partial charge < -0.3 is 15.2 Å². The minimum Gasteiger partial charge on any atom is -0.363 e. The number of aliphatic hydroxyl groups is 2. The van der Waals surface area contributed by atoms with Crippen LogP contribution >= 0.6 is 0 Å². The van der Waals surface area contributed by atoms with E-state index in [0.717, 1.165) is 11.3 Å². The SMILES string of the molecule is OC(O)c1ccc(-c2ccncc2)[nH]1. The van der Waals surface area contributed by atoms with Gasteiger partial charge in [0.2, 0.25) is 0 Å². The van der Waals surface area contributed by atoms with Crippen molar-refractivity contribution in [1.29, 1.82) is 0 Å². The number of hydrogen-bond donors (Lipinski definition) is 3. The first-order valence-electron chi connectivity index (χ1n) is 4.23. The second kappa shape index (κ2) is 3.61. The number of hydrogen-bond acceptors (Lipinski definition) is 3. The minimum atomic E-state index is -1.45. The van der Waals surface area contributed by atoms with Gasteiger partial charge in [0, 0.05) is 23.7 Å². The van der Waals surface area contributed by atoms with Crippen LogP contribution in [0, 0.1) is 0 Å². The first-order chi connectivity index (χ1) is 6.77. The fourth-order valence-corrected chi connectivity index (χ4v) is 1.26. The number of aliphatic hydroxyl groups excluding tert-OH is 1. The summed E-state index contributed by atoms with van der Waals surface area (Å²) in [7, 11) is 0. The van der Waals surface area contributed by atoms with Gasteiger partial charge in [-0.3, -0.25) is 4.98 Å². The zero-order chi connectivity index (χ0) is 9.97. The van der Waals surface area contributed by atoms with Crippen molar-refractivity contribution in [1.82, 2.24) is 9.97 Å². The Balaban J connectivity index is 2.34. The predicted molar refractivity (Wildman–Crippen MR) is 51.2 cm³/mol. The lowest BCUT2D eigenvalue weighted by Gasteiger charge is -1.99. The predicted octanol–water partition coefficient (Wildman–Crippen LogP) is 1.06. The molecule has 2 heterocycles. The molecule has 0 radical (unpaired) electrons. The zero-order valence-electron chi connectivity index (χ0n) is 7.38. The summed E-state index contributed by atoms with van der Waals surface area (Å²) in [5, 5.41) is 17.8. The van der Waals surface area contributed by atoms with Gasteiger partial charge in [0.05, 0.1) is 5.69 Å². The molecule has 0 bridgehead atoms. The molecule has 0 fully saturated rings. The van der Waals surface area contributed by atoms with Gasteiger partial charge in [-0.25, -0.2) is 0 Å². The van der Waals surface area contributed by atoms with Crippen molar-refractivity contribution in [2.24, 2.45) is 0 Å². The minimum absolute atomic E-state index is 0.386. The standard InChI is InChI=1S/C10H10N2O2/c13-10(14)9-2-1-8(12-9)7-3-5-11-6-4-7/h1-6,10,12-14H. The molecule has 0 saturated heterocycles. The highest BCUT2D eigenvalue weighted by Crippen LogP contribution is 2.19. The van der Waals surface area contributed by atoms with Crippen LogP contribution in [0.15, 0.2) is 36.7 Å². The molecule has 0 amide bonds. The largest absolute Gasteiger partial charge is 0.363 e. The van der Waals surface area contributed by atoms with E-state index in [4.69, 9.17) is 10.2 Å². The first kappa shape index (κ1) is 8.93. The maximum absolute atomic E-state index is 8.90. The molecule has 72 valence electrons. The number of rotatable bonds is 2. The molecule has 0 aliphatic heterocycles. The Kier molecular flexibility index (Phi) is 2.30. The molecule has 0 aliphatic rings. The topological polar surface area (TPSA) is 69.1 Å². The number of pyridine rings is 1. The fourth-order valence-electron chi connectivity index (χ4n) is 1.26. The number of aromatic amines is 1. The Hall–Kier alpha value is -1.65. The molecular formula is C10H10N2O2. The zero-order valence-corrected chi connectivity index (χ0v) is 7.38. The molecular weight excluding hydrogens is 180 g/mol. The maximum Gasteiger partial charge on any atom is 0.193 e. The molecule has 0 aromatic carbocycles. The molecule has 2 rings (SSSR count). The van der Waals surface area contributed by atoms with Gasteiger partial charge in [-0.2, -0.15) is 0 Å². The first-order valence-corrected chi connectivity index (χ1v) is 4.23. The summed E-state index contributed by atoms with van der Waals surface area (Å²) in [5.74, 6) is 0. The summed E-state index contributed by atoms with van der Waals surface area (Å²) in [4.78, 5) is 6.80. The summed E-state index contributed by atoms with van der Waals surface area (Å²) < 4.78 is 0. The van der Waals surface area contributed by atoms with Crippen LogP contribution in [0.3, 0.4) is 0 Å². The van der Waals surface area contributed by atoms with Crippen molar-refractivity contribution in [2.45, 2.75) is 6.29 Å². The molecule has 3 N–H and O–H groups in total. The molecule has 4 heteroatoms. The van der Waals surface area contributed by atoms with E-state index >= 15 is 0 Å². The van der Waals surface area contributed by atoms with Crippen molar-refractivity contribution in [2.75, 3.05) is 0 Å². The van der Waals surface area contributed by atoms with E-state index in [2.05, 4.69) is 9.97 Å². The monoisotopic (exact) mass is 190 g/mol. The highest BCUT2D eigenvalue weighted by Gasteiger charge is 2.05. The normalized spacial score (nSPS) is 10.8. The van der Waals surface area contributed by atoms with Crippen LogP contribution in [0.4, 0.5) is 0 Å². The van der Waals surface area contributed by atoms with Crippen molar-refractivity contribution in [3.05, 3.63) is 42.4 Å². The number of nitrogens with one attached hydrogen (secondary N) is 1. The van der Waals surface area contributed by atoms with Crippen LogP contribution < -0.4 is 0 Å². The molecule has 2 aromatic rings. The Morgan fingerprint density at radius 3 is 2.36 bits per heavy atom. The van der Waals surface area contributed by atoms with Crippen molar-refractivity contribution >= 4 is 0 Å². The number of H-pyrrole nitrogens is 1. The second-order valence-electron chi connectivity index (χ2n) is 2.94. The summed E-state index contributed by atoms with van der Waals surface area (Å²) in [6, 6.07) is 7.13. The lowest BCUT2D eigenvalue weighted by molar-refractivity contribution is -0.0454. The highest BCUT2D eigenvalue weighted by atomic mass is 16.5. The van der Waals surface area contributed by atoms with Crippen LogP contribution in [0.2, 0.25) is 0 Å². The smallest absolute Gasteiger partial charge is 0.193 e. The molecule has 14 heavy (non-hydrogen) atoms. The number of nitrogens with zero attached hydrogens (tertiary/aromatic N) is 1. The van der Waals surface area contributed by atoms with Crippen LogP contribution in [-0.4, -0.2) is 20.2 Å². The maximum atomic E-state index is 8.90. The van der Waals surface area contributed by atoms with Crippen LogP contribution in [0.5, 0.6) is 0 Å². The summed E-state index contributed by atoms with van der Waals surface area (Å²) in [6.45, 7) is 0. The van der Waals surface area contributed by atoms with E-state index < -0.39 is 6.29 Å².